The normalized spacial score (nSPS) is 14.9. The van der Waals surface area contributed by atoms with Crippen molar-refractivity contribution in [3.05, 3.63) is 99.7 Å². The first kappa shape index (κ1) is 28.3. The summed E-state index contributed by atoms with van der Waals surface area (Å²) in [4.78, 5) is 37.1. The van der Waals surface area contributed by atoms with Gasteiger partial charge in [0.1, 0.15) is 0 Å². The summed E-state index contributed by atoms with van der Waals surface area (Å²) in [7, 11) is 0. The molecule has 1 heterocycles. The van der Waals surface area contributed by atoms with Gasteiger partial charge in [-0.2, -0.15) is 13.2 Å². The Morgan fingerprint density at radius 3 is 2.21 bits per heavy atom. The van der Waals surface area contributed by atoms with Crippen molar-refractivity contribution in [2.45, 2.75) is 12.7 Å². The molecule has 0 bridgehead atoms. The Labute approximate surface area is 242 Å². The first-order valence-electron chi connectivity index (χ1n) is 10.4. The zero-order chi connectivity index (χ0) is 27.8. The molecular weight excluding hydrogens is 725 g/mol. The SMILES string of the molecule is O=C1S/C(=C\c2cc(Br)c(Oc3ccc(C(F)(F)F)cc3[N+](=O)[O-])c(Br)c2)C(=O)N1Cc1ccc(Br)cc1. The Morgan fingerprint density at radius 2 is 1.63 bits per heavy atom. The number of hydrogen-bond donors (Lipinski definition) is 0. The number of carbonyl (C=O) groups excluding carboxylic acids is 2. The highest BCUT2D eigenvalue weighted by molar-refractivity contribution is 9.11. The van der Waals surface area contributed by atoms with E-state index >= 15 is 0 Å². The van der Waals surface area contributed by atoms with Crippen LogP contribution in [0.15, 0.2) is 72.9 Å². The van der Waals surface area contributed by atoms with Crippen LogP contribution in [0.4, 0.5) is 23.7 Å². The number of ether oxygens (including phenoxy) is 1. The number of benzene rings is 3. The van der Waals surface area contributed by atoms with Crippen LogP contribution in [-0.2, 0) is 17.5 Å². The van der Waals surface area contributed by atoms with Crippen LogP contribution in [0.5, 0.6) is 11.5 Å². The minimum atomic E-state index is -4.76. The van der Waals surface area contributed by atoms with E-state index in [1.54, 1.807) is 24.3 Å². The van der Waals surface area contributed by atoms with E-state index in [1.807, 2.05) is 12.1 Å². The van der Waals surface area contributed by atoms with E-state index in [0.717, 1.165) is 32.8 Å². The molecule has 7 nitrogen and oxygen atoms in total. The molecule has 0 aromatic heterocycles. The molecule has 1 aliphatic rings. The molecule has 1 saturated heterocycles. The number of imide groups is 1. The lowest BCUT2D eigenvalue weighted by molar-refractivity contribution is -0.385. The van der Waals surface area contributed by atoms with E-state index < -0.39 is 39.2 Å². The number of hydrogen-bond acceptors (Lipinski definition) is 6. The smallest absolute Gasteiger partial charge is 0.416 e. The van der Waals surface area contributed by atoms with Crippen molar-refractivity contribution in [2.75, 3.05) is 0 Å². The molecule has 2 amide bonds. The fourth-order valence-electron chi connectivity index (χ4n) is 3.35. The van der Waals surface area contributed by atoms with Gasteiger partial charge in [0.2, 0.25) is 5.75 Å². The summed E-state index contributed by atoms with van der Waals surface area (Å²) < 4.78 is 46.0. The largest absolute Gasteiger partial charge is 0.448 e. The van der Waals surface area contributed by atoms with Gasteiger partial charge in [0.15, 0.2) is 5.75 Å². The number of halogens is 6. The summed E-state index contributed by atoms with van der Waals surface area (Å²) in [6.07, 6.45) is -3.25. The molecule has 0 aliphatic carbocycles. The molecule has 14 heteroatoms. The molecule has 3 aromatic carbocycles. The van der Waals surface area contributed by atoms with Gasteiger partial charge in [-0.3, -0.25) is 24.6 Å². The third-order valence-electron chi connectivity index (χ3n) is 5.14. The van der Waals surface area contributed by atoms with Crippen molar-refractivity contribution in [3.63, 3.8) is 0 Å². The van der Waals surface area contributed by atoms with Gasteiger partial charge in [-0.15, -0.1) is 0 Å². The van der Waals surface area contributed by atoms with Crippen LogP contribution >= 0.6 is 59.6 Å². The second-order valence-corrected chi connectivity index (χ2v) is 11.4. The van der Waals surface area contributed by atoms with E-state index in [9.17, 15) is 32.9 Å². The highest BCUT2D eigenvalue weighted by atomic mass is 79.9. The Morgan fingerprint density at radius 1 is 1.00 bits per heavy atom. The first-order valence-corrected chi connectivity index (χ1v) is 13.6. The van der Waals surface area contributed by atoms with Gasteiger partial charge in [0, 0.05) is 10.5 Å². The molecule has 196 valence electrons. The lowest BCUT2D eigenvalue weighted by atomic mass is 10.1. The molecule has 0 unspecified atom stereocenters. The van der Waals surface area contributed by atoms with Gasteiger partial charge in [-0.05, 0) is 97.2 Å². The minimum Gasteiger partial charge on any atom is -0.448 e. The second kappa shape index (κ2) is 11.2. The maximum Gasteiger partial charge on any atom is 0.416 e. The standard InChI is InChI=1S/C24H12Br3F3N2O5S/c25-15-4-1-12(2-5-15)11-31-22(33)20(38-23(31)34)9-13-7-16(26)21(17(27)8-13)37-19-6-3-14(24(28,29)30)10-18(19)32(35)36/h1-10H,11H2/b20-9-. The highest BCUT2D eigenvalue weighted by Gasteiger charge is 2.35. The van der Waals surface area contributed by atoms with Crippen molar-refractivity contribution in [1.29, 1.82) is 0 Å². The number of thioether (sulfide) groups is 1. The number of amides is 2. The van der Waals surface area contributed by atoms with Crippen molar-refractivity contribution >= 4 is 82.5 Å². The molecule has 0 N–H and O–H groups in total. The van der Waals surface area contributed by atoms with Crippen molar-refractivity contribution < 1.29 is 32.4 Å². The van der Waals surface area contributed by atoms with Gasteiger partial charge in [0.05, 0.1) is 30.9 Å². The van der Waals surface area contributed by atoms with E-state index in [-0.39, 0.29) is 17.2 Å². The Hall–Kier alpha value is -2.68. The fraction of sp³-hybridized carbons (Fsp3) is 0.0833. The predicted molar refractivity (Wildman–Crippen MR) is 146 cm³/mol. The number of nitrogens with zero attached hydrogens (tertiary/aromatic N) is 2. The third kappa shape index (κ3) is 6.30. The fourth-order valence-corrected chi connectivity index (χ4v) is 5.84. The number of rotatable bonds is 6. The Bertz CT molecular complexity index is 1470. The summed E-state index contributed by atoms with van der Waals surface area (Å²) in [5.41, 5.74) is -0.769. The van der Waals surface area contributed by atoms with Gasteiger partial charge in [-0.25, -0.2) is 0 Å². The zero-order valence-electron chi connectivity index (χ0n) is 18.6. The van der Waals surface area contributed by atoms with Crippen molar-refractivity contribution in [1.82, 2.24) is 4.90 Å². The molecule has 3 aromatic rings. The van der Waals surface area contributed by atoms with Crippen LogP contribution < -0.4 is 4.74 Å². The predicted octanol–water partition coefficient (Wildman–Crippen LogP) is 8.93. The molecule has 0 spiro atoms. The van der Waals surface area contributed by atoms with E-state index in [4.69, 9.17) is 4.74 Å². The quantitative estimate of drug-likeness (QED) is 0.143. The molecule has 1 aliphatic heterocycles. The average molecular weight is 737 g/mol. The summed E-state index contributed by atoms with van der Waals surface area (Å²) in [5.74, 6) is -0.796. The van der Waals surface area contributed by atoms with Crippen LogP contribution in [0.2, 0.25) is 0 Å². The minimum absolute atomic E-state index is 0.0633. The zero-order valence-corrected chi connectivity index (χ0v) is 24.2. The van der Waals surface area contributed by atoms with Gasteiger partial charge in [-0.1, -0.05) is 28.1 Å². The number of carbonyl (C=O) groups is 2. The van der Waals surface area contributed by atoms with E-state index in [0.29, 0.717) is 26.6 Å². The summed E-state index contributed by atoms with van der Waals surface area (Å²) in [5, 5.41) is 11.0. The van der Waals surface area contributed by atoms with Gasteiger partial charge in [0.25, 0.3) is 11.1 Å². The topological polar surface area (TPSA) is 89.7 Å². The number of alkyl halides is 3. The van der Waals surface area contributed by atoms with Crippen LogP contribution in [0.1, 0.15) is 16.7 Å². The van der Waals surface area contributed by atoms with Crippen molar-refractivity contribution in [2.24, 2.45) is 0 Å². The molecule has 38 heavy (non-hydrogen) atoms. The lowest BCUT2D eigenvalue weighted by Crippen LogP contribution is -2.27. The lowest BCUT2D eigenvalue weighted by Gasteiger charge is -2.13. The second-order valence-electron chi connectivity index (χ2n) is 7.75. The van der Waals surface area contributed by atoms with Crippen molar-refractivity contribution in [3.8, 4) is 11.5 Å². The Balaban J connectivity index is 1.58. The van der Waals surface area contributed by atoms with E-state index in [2.05, 4.69) is 47.8 Å². The van der Waals surface area contributed by atoms with Crippen LogP contribution in [0.25, 0.3) is 6.08 Å². The maximum absolute atomic E-state index is 13.0. The summed E-state index contributed by atoms with van der Waals surface area (Å²) in [6.45, 7) is 0.112. The van der Waals surface area contributed by atoms with Gasteiger partial charge < -0.3 is 4.74 Å². The number of nitro benzene ring substituents is 1. The molecule has 0 saturated carbocycles. The summed E-state index contributed by atoms with van der Waals surface area (Å²) in [6, 6.07) is 12.2. The van der Waals surface area contributed by atoms with Crippen LogP contribution in [-0.4, -0.2) is 21.0 Å². The summed E-state index contributed by atoms with van der Waals surface area (Å²) >= 11 is 10.7. The number of nitro groups is 1. The average Bonchev–Trinajstić information content (AvgIpc) is 3.09. The molecule has 0 radical (unpaired) electrons. The Kier molecular flexibility index (Phi) is 8.35. The first-order chi connectivity index (χ1) is 17.8. The molecule has 4 rings (SSSR count). The van der Waals surface area contributed by atoms with Gasteiger partial charge >= 0.3 is 11.9 Å². The highest BCUT2D eigenvalue weighted by Crippen LogP contribution is 2.43. The molecular formula is C24H12Br3F3N2O5S. The van der Waals surface area contributed by atoms with E-state index in [1.165, 1.54) is 6.08 Å². The van der Waals surface area contributed by atoms with Crippen LogP contribution in [0, 0.1) is 10.1 Å². The third-order valence-corrected chi connectivity index (χ3v) is 7.76. The monoisotopic (exact) mass is 734 g/mol. The molecule has 1 fully saturated rings. The molecule has 0 atom stereocenters. The maximum atomic E-state index is 13.0. The van der Waals surface area contributed by atoms with Crippen LogP contribution in [0.3, 0.4) is 0 Å².